The first kappa shape index (κ1) is 15.2. The number of aliphatic hydroxyl groups excluding tert-OH is 1. The fourth-order valence-electron chi connectivity index (χ4n) is 2.58. The van der Waals surface area contributed by atoms with Crippen LogP contribution in [0.5, 0.6) is 0 Å². The number of ether oxygens (including phenoxy) is 1. The molecule has 1 aromatic carbocycles. The summed E-state index contributed by atoms with van der Waals surface area (Å²) in [5, 5.41) is 13.0. The second-order valence-electron chi connectivity index (χ2n) is 5.15. The number of hydrogen-bond acceptors (Lipinski definition) is 4. The van der Waals surface area contributed by atoms with Gasteiger partial charge in [-0.1, -0.05) is 6.07 Å². The third-order valence-corrected chi connectivity index (χ3v) is 3.62. The lowest BCUT2D eigenvalue weighted by Crippen LogP contribution is -2.39. The highest BCUT2D eigenvalue weighted by Crippen LogP contribution is 2.26. The summed E-state index contributed by atoms with van der Waals surface area (Å²) in [6, 6.07) is 5.13. The molecule has 0 spiro atoms. The van der Waals surface area contributed by atoms with Gasteiger partial charge in [0.15, 0.2) is 0 Å². The Bertz CT molecular complexity index is 428. The van der Waals surface area contributed by atoms with Gasteiger partial charge in [0.2, 0.25) is 0 Å². The van der Waals surface area contributed by atoms with Crippen LogP contribution in [0.25, 0.3) is 0 Å². The molecule has 1 unspecified atom stereocenters. The van der Waals surface area contributed by atoms with E-state index in [0.29, 0.717) is 31.8 Å². The van der Waals surface area contributed by atoms with Crippen LogP contribution < -0.4 is 10.2 Å². The lowest BCUT2D eigenvalue weighted by Gasteiger charge is -2.33. The number of rotatable bonds is 6. The number of halogens is 1. The first-order chi connectivity index (χ1) is 9.72. The Hall–Kier alpha value is -1.17. The molecule has 2 N–H and O–H groups in total. The Morgan fingerprint density at radius 2 is 2.35 bits per heavy atom. The second-order valence-corrected chi connectivity index (χ2v) is 5.15. The Morgan fingerprint density at radius 1 is 1.50 bits per heavy atom. The molecule has 0 aliphatic carbocycles. The molecule has 0 aromatic heterocycles. The molecule has 0 radical (unpaired) electrons. The molecule has 1 aliphatic heterocycles. The first-order valence-corrected chi connectivity index (χ1v) is 7.12. The number of nitrogens with zero attached hydrogens (tertiary/aromatic N) is 1. The van der Waals surface area contributed by atoms with Gasteiger partial charge in [0.25, 0.3) is 0 Å². The second kappa shape index (κ2) is 7.57. The van der Waals surface area contributed by atoms with E-state index >= 15 is 0 Å². The summed E-state index contributed by atoms with van der Waals surface area (Å²) in [6.07, 6.45) is 1.45. The average Bonchev–Trinajstić information content (AvgIpc) is 2.45. The number of β-amino-alcohol motifs (C(OH)–C–C–N with tert-alkyl or cyclic N) is 1. The van der Waals surface area contributed by atoms with Crippen LogP contribution in [-0.2, 0) is 11.3 Å². The molecule has 1 saturated heterocycles. The summed E-state index contributed by atoms with van der Waals surface area (Å²) >= 11 is 0. The van der Waals surface area contributed by atoms with Crippen LogP contribution in [0.3, 0.4) is 0 Å². The molecule has 1 heterocycles. The summed E-state index contributed by atoms with van der Waals surface area (Å²) in [4.78, 5) is 2.07. The van der Waals surface area contributed by atoms with E-state index < -0.39 is 0 Å². The lowest BCUT2D eigenvalue weighted by atomic mass is 10.0. The van der Waals surface area contributed by atoms with E-state index in [1.54, 1.807) is 13.2 Å². The van der Waals surface area contributed by atoms with Gasteiger partial charge in [-0.15, -0.1) is 0 Å². The van der Waals surface area contributed by atoms with Crippen LogP contribution in [0, 0.1) is 5.82 Å². The third kappa shape index (κ3) is 3.91. The van der Waals surface area contributed by atoms with Gasteiger partial charge >= 0.3 is 0 Å². The predicted molar refractivity (Wildman–Crippen MR) is 77.4 cm³/mol. The zero-order chi connectivity index (χ0) is 14.4. The highest BCUT2D eigenvalue weighted by molar-refractivity contribution is 5.54. The topological polar surface area (TPSA) is 44.7 Å². The van der Waals surface area contributed by atoms with Crippen molar-refractivity contribution in [1.29, 1.82) is 0 Å². The molecule has 5 heteroatoms. The molecule has 1 fully saturated rings. The minimum atomic E-state index is -0.318. The number of nitrogens with one attached hydrogen (secondary N) is 1. The maximum absolute atomic E-state index is 14.1. The Balaban J connectivity index is 2.09. The van der Waals surface area contributed by atoms with Crippen molar-refractivity contribution in [3.63, 3.8) is 0 Å². The van der Waals surface area contributed by atoms with E-state index in [9.17, 15) is 9.50 Å². The van der Waals surface area contributed by atoms with Crippen molar-refractivity contribution in [2.24, 2.45) is 0 Å². The van der Waals surface area contributed by atoms with Crippen LogP contribution in [0.4, 0.5) is 10.1 Å². The maximum Gasteiger partial charge on any atom is 0.129 e. The van der Waals surface area contributed by atoms with Crippen LogP contribution >= 0.6 is 0 Å². The molecule has 1 aromatic rings. The Morgan fingerprint density at radius 3 is 3.10 bits per heavy atom. The molecule has 0 bridgehead atoms. The van der Waals surface area contributed by atoms with Gasteiger partial charge in [-0.25, -0.2) is 4.39 Å². The van der Waals surface area contributed by atoms with E-state index in [2.05, 4.69) is 10.2 Å². The lowest BCUT2D eigenvalue weighted by molar-refractivity contribution is 0.154. The van der Waals surface area contributed by atoms with E-state index in [-0.39, 0.29) is 11.9 Å². The molecule has 20 heavy (non-hydrogen) atoms. The molecule has 2 rings (SSSR count). The highest BCUT2D eigenvalue weighted by Gasteiger charge is 2.21. The Labute approximate surface area is 119 Å². The van der Waals surface area contributed by atoms with Gasteiger partial charge in [0.1, 0.15) is 5.82 Å². The fraction of sp³-hybridized carbons (Fsp3) is 0.600. The molecule has 0 saturated carbocycles. The van der Waals surface area contributed by atoms with Crippen molar-refractivity contribution < 1.29 is 14.2 Å². The molecule has 1 atom stereocenters. The number of aliphatic hydroxyl groups is 1. The van der Waals surface area contributed by atoms with Gasteiger partial charge < -0.3 is 20.1 Å². The van der Waals surface area contributed by atoms with E-state index in [0.717, 1.165) is 25.1 Å². The minimum Gasteiger partial charge on any atom is -0.391 e. The quantitative estimate of drug-likeness (QED) is 0.777. The summed E-state index contributed by atoms with van der Waals surface area (Å²) in [6.45, 7) is 3.21. The number of piperidine rings is 1. The summed E-state index contributed by atoms with van der Waals surface area (Å²) in [5.41, 5.74) is 1.55. The van der Waals surface area contributed by atoms with Gasteiger partial charge in [-0.3, -0.25) is 0 Å². The first-order valence-electron chi connectivity index (χ1n) is 7.12. The summed E-state index contributed by atoms with van der Waals surface area (Å²) < 4.78 is 19.0. The molecule has 1 aliphatic rings. The molecule has 112 valence electrons. The highest BCUT2D eigenvalue weighted by atomic mass is 19.1. The van der Waals surface area contributed by atoms with E-state index in [4.69, 9.17) is 4.74 Å². The van der Waals surface area contributed by atoms with Crippen LogP contribution in [-0.4, -0.2) is 44.6 Å². The normalized spacial score (nSPS) is 19.4. The third-order valence-electron chi connectivity index (χ3n) is 3.62. The van der Waals surface area contributed by atoms with E-state index in [1.807, 2.05) is 6.07 Å². The minimum absolute atomic E-state index is 0.201. The number of methoxy groups -OCH3 is 1. The fourth-order valence-corrected chi connectivity index (χ4v) is 2.58. The van der Waals surface area contributed by atoms with E-state index in [1.165, 1.54) is 6.07 Å². The molecular formula is C15H23FN2O2. The SMILES string of the molecule is COCCNCc1c(F)cccc1N1CCCC(O)C1. The molecule has 4 nitrogen and oxygen atoms in total. The number of hydrogen-bond donors (Lipinski definition) is 2. The van der Waals surface area contributed by atoms with Gasteiger partial charge in [-0.05, 0) is 25.0 Å². The van der Waals surface area contributed by atoms with Crippen molar-refractivity contribution in [2.45, 2.75) is 25.5 Å². The largest absolute Gasteiger partial charge is 0.391 e. The van der Waals surface area contributed by atoms with Crippen LogP contribution in [0.1, 0.15) is 18.4 Å². The van der Waals surface area contributed by atoms with Crippen LogP contribution in [0.15, 0.2) is 18.2 Å². The monoisotopic (exact) mass is 282 g/mol. The molecule has 0 amide bonds. The van der Waals surface area contributed by atoms with Crippen molar-refractivity contribution in [3.8, 4) is 0 Å². The number of anilines is 1. The van der Waals surface area contributed by atoms with Crippen molar-refractivity contribution in [3.05, 3.63) is 29.6 Å². The van der Waals surface area contributed by atoms with Crippen LogP contribution in [0.2, 0.25) is 0 Å². The smallest absolute Gasteiger partial charge is 0.129 e. The zero-order valence-corrected chi connectivity index (χ0v) is 11.9. The average molecular weight is 282 g/mol. The standard InChI is InChI=1S/C15H23FN2O2/c1-20-9-7-17-10-13-14(16)5-2-6-15(13)18-8-3-4-12(19)11-18/h2,5-6,12,17,19H,3-4,7-11H2,1H3. The zero-order valence-electron chi connectivity index (χ0n) is 11.9. The number of benzene rings is 1. The van der Waals surface area contributed by atoms with Crippen molar-refractivity contribution in [1.82, 2.24) is 5.32 Å². The predicted octanol–water partition coefficient (Wildman–Crippen LogP) is 1.52. The summed E-state index contributed by atoms with van der Waals surface area (Å²) in [7, 11) is 1.64. The Kier molecular flexibility index (Phi) is 5.76. The summed E-state index contributed by atoms with van der Waals surface area (Å²) in [5.74, 6) is -0.201. The molecular weight excluding hydrogens is 259 g/mol. The van der Waals surface area contributed by atoms with Gasteiger partial charge in [0, 0.05) is 44.5 Å². The maximum atomic E-state index is 14.1. The van der Waals surface area contributed by atoms with Crippen molar-refractivity contribution in [2.75, 3.05) is 38.3 Å². The van der Waals surface area contributed by atoms with Gasteiger partial charge in [0.05, 0.1) is 12.7 Å². The van der Waals surface area contributed by atoms with Crippen molar-refractivity contribution >= 4 is 5.69 Å². The van der Waals surface area contributed by atoms with Gasteiger partial charge in [-0.2, -0.15) is 0 Å².